The van der Waals surface area contributed by atoms with Crippen LogP contribution < -0.4 is 0 Å². The number of carboxylic acids is 1. The van der Waals surface area contributed by atoms with Gasteiger partial charge in [-0.05, 0) is 30.5 Å². The Hall–Kier alpha value is -1.21. The predicted molar refractivity (Wildman–Crippen MR) is 84.2 cm³/mol. The van der Waals surface area contributed by atoms with Crippen molar-refractivity contribution < 1.29 is 23.8 Å². The van der Waals surface area contributed by atoms with Gasteiger partial charge in [0.05, 0.1) is 24.3 Å². The molecule has 23 heavy (non-hydrogen) atoms. The molecule has 1 saturated heterocycles. The molecule has 2 rings (SSSR count). The number of carbonyl (C=O) groups is 1. The van der Waals surface area contributed by atoms with Gasteiger partial charge in [0.2, 0.25) is 0 Å². The number of methoxy groups -OCH3 is 1. The molecule has 0 radical (unpaired) electrons. The summed E-state index contributed by atoms with van der Waals surface area (Å²) in [5.41, 5.74) is 0.489. The third kappa shape index (κ3) is 4.88. The number of halogens is 2. The summed E-state index contributed by atoms with van der Waals surface area (Å²) in [7, 11) is 1.62. The smallest absolute Gasteiger partial charge is 0.325 e. The van der Waals surface area contributed by atoms with E-state index in [9.17, 15) is 14.3 Å². The Balaban J connectivity index is 2.00. The van der Waals surface area contributed by atoms with Crippen molar-refractivity contribution in [2.24, 2.45) is 0 Å². The monoisotopic (exact) mass is 345 g/mol. The van der Waals surface area contributed by atoms with Gasteiger partial charge in [-0.2, -0.15) is 0 Å². The number of hydrogen-bond acceptors (Lipinski definition) is 4. The number of ether oxygens (including phenoxy) is 2. The molecular weight excluding hydrogens is 325 g/mol. The zero-order valence-corrected chi connectivity index (χ0v) is 13.8. The van der Waals surface area contributed by atoms with Crippen LogP contribution >= 0.6 is 11.6 Å². The van der Waals surface area contributed by atoms with Gasteiger partial charge in [-0.15, -0.1) is 0 Å². The molecule has 0 aromatic heterocycles. The van der Waals surface area contributed by atoms with Gasteiger partial charge in [0.15, 0.2) is 0 Å². The minimum Gasteiger partial charge on any atom is -0.480 e. The zero-order valence-electron chi connectivity index (χ0n) is 13.0. The van der Waals surface area contributed by atoms with Crippen LogP contribution in [0.25, 0.3) is 0 Å². The first kappa shape index (κ1) is 18.1. The molecule has 7 heteroatoms. The van der Waals surface area contributed by atoms with Crippen LogP contribution in [0.1, 0.15) is 24.4 Å². The van der Waals surface area contributed by atoms with Crippen molar-refractivity contribution >= 4 is 17.6 Å². The third-order valence-electron chi connectivity index (χ3n) is 3.98. The van der Waals surface area contributed by atoms with Crippen LogP contribution in [0.5, 0.6) is 0 Å². The van der Waals surface area contributed by atoms with E-state index in [0.717, 1.165) is 12.8 Å². The Bertz CT molecular complexity index is 535. The lowest BCUT2D eigenvalue weighted by atomic mass is 10.0. The fraction of sp³-hybridized carbons (Fsp3) is 0.562. The molecule has 1 atom stereocenters. The Morgan fingerprint density at radius 2 is 2.13 bits per heavy atom. The molecule has 1 aliphatic heterocycles. The lowest BCUT2D eigenvalue weighted by Crippen LogP contribution is -2.42. The van der Waals surface area contributed by atoms with Gasteiger partial charge in [-0.1, -0.05) is 17.7 Å². The molecule has 0 saturated carbocycles. The topological polar surface area (TPSA) is 59.0 Å². The van der Waals surface area contributed by atoms with E-state index >= 15 is 0 Å². The first-order valence-electron chi connectivity index (χ1n) is 7.55. The zero-order chi connectivity index (χ0) is 16.8. The summed E-state index contributed by atoms with van der Waals surface area (Å²) in [6.45, 7) is 2.29. The number of piperidine rings is 1. The second-order valence-electron chi connectivity index (χ2n) is 5.51. The van der Waals surface area contributed by atoms with Gasteiger partial charge in [-0.3, -0.25) is 9.69 Å². The summed E-state index contributed by atoms with van der Waals surface area (Å²) in [4.78, 5) is 13.5. The summed E-state index contributed by atoms with van der Waals surface area (Å²) in [5.74, 6) is -1.52. The van der Waals surface area contributed by atoms with Gasteiger partial charge >= 0.3 is 5.97 Å². The summed E-state index contributed by atoms with van der Waals surface area (Å²) in [5, 5.41) is 9.49. The van der Waals surface area contributed by atoms with Crippen molar-refractivity contribution in [3.8, 4) is 0 Å². The lowest BCUT2D eigenvalue weighted by Gasteiger charge is -2.35. The van der Waals surface area contributed by atoms with Crippen LogP contribution in [-0.2, 0) is 14.3 Å². The minimum atomic E-state index is -0.966. The van der Waals surface area contributed by atoms with E-state index in [2.05, 4.69) is 0 Å². The van der Waals surface area contributed by atoms with Crippen molar-refractivity contribution in [1.29, 1.82) is 0 Å². The number of aliphatic carboxylic acids is 1. The largest absolute Gasteiger partial charge is 0.480 e. The molecule has 0 amide bonds. The highest BCUT2D eigenvalue weighted by molar-refractivity contribution is 6.30. The van der Waals surface area contributed by atoms with Crippen molar-refractivity contribution in [3.05, 3.63) is 34.6 Å². The minimum absolute atomic E-state index is 0.0634. The maximum atomic E-state index is 13.3. The molecule has 1 unspecified atom stereocenters. The van der Waals surface area contributed by atoms with Crippen LogP contribution in [0.3, 0.4) is 0 Å². The maximum Gasteiger partial charge on any atom is 0.325 e. The summed E-state index contributed by atoms with van der Waals surface area (Å²) < 4.78 is 23.9. The Kier molecular flexibility index (Phi) is 6.77. The van der Waals surface area contributed by atoms with Gasteiger partial charge in [0.1, 0.15) is 11.9 Å². The molecule has 1 aromatic carbocycles. The van der Waals surface area contributed by atoms with Crippen molar-refractivity contribution in [3.63, 3.8) is 0 Å². The molecule has 1 aliphatic rings. The van der Waals surface area contributed by atoms with E-state index in [-0.39, 0.29) is 11.1 Å². The molecule has 1 aromatic rings. The third-order valence-corrected chi connectivity index (χ3v) is 4.27. The quantitative estimate of drug-likeness (QED) is 0.770. The number of likely N-dealkylation sites (tertiary alicyclic amines) is 1. The van der Waals surface area contributed by atoms with Crippen molar-refractivity contribution in [2.45, 2.75) is 25.0 Å². The molecule has 5 nitrogen and oxygen atoms in total. The van der Waals surface area contributed by atoms with E-state index in [1.54, 1.807) is 7.11 Å². The molecule has 0 spiro atoms. The van der Waals surface area contributed by atoms with E-state index in [4.69, 9.17) is 21.1 Å². The number of rotatable bonds is 7. The van der Waals surface area contributed by atoms with E-state index in [1.807, 2.05) is 4.90 Å². The molecule has 1 fully saturated rings. The molecule has 128 valence electrons. The number of carboxylic acid groups (broad SMARTS) is 1. The van der Waals surface area contributed by atoms with Crippen LogP contribution in [0.15, 0.2) is 18.2 Å². The van der Waals surface area contributed by atoms with Crippen LogP contribution in [0, 0.1) is 5.82 Å². The highest BCUT2D eigenvalue weighted by Crippen LogP contribution is 2.28. The fourth-order valence-electron chi connectivity index (χ4n) is 2.79. The first-order chi connectivity index (χ1) is 11.0. The highest BCUT2D eigenvalue weighted by atomic mass is 35.5. The Morgan fingerprint density at radius 3 is 2.70 bits per heavy atom. The molecule has 0 bridgehead atoms. The number of nitrogens with zero attached hydrogens (tertiary/aromatic N) is 1. The fourth-order valence-corrected chi connectivity index (χ4v) is 2.98. The second kappa shape index (κ2) is 8.59. The summed E-state index contributed by atoms with van der Waals surface area (Å²) >= 11 is 5.78. The van der Waals surface area contributed by atoms with Crippen LogP contribution in [0.2, 0.25) is 5.02 Å². The predicted octanol–water partition coefficient (Wildman–Crippen LogP) is 2.73. The Labute approximate surface area is 139 Å². The first-order valence-corrected chi connectivity index (χ1v) is 7.93. The highest BCUT2D eigenvalue weighted by Gasteiger charge is 2.31. The summed E-state index contributed by atoms with van der Waals surface area (Å²) in [6, 6.07) is 3.24. The SMILES string of the molecule is COCCOC1CCN(C(C(=O)O)c2ccc(F)c(Cl)c2)CC1. The molecule has 1 heterocycles. The van der Waals surface area contributed by atoms with Crippen LogP contribution in [0.4, 0.5) is 4.39 Å². The maximum absolute atomic E-state index is 13.3. The molecule has 0 aliphatic carbocycles. The van der Waals surface area contributed by atoms with Gasteiger partial charge in [-0.25, -0.2) is 4.39 Å². The normalized spacial score (nSPS) is 18.0. The van der Waals surface area contributed by atoms with Crippen LogP contribution in [-0.4, -0.2) is 55.5 Å². The van der Waals surface area contributed by atoms with E-state index in [1.165, 1.54) is 18.2 Å². The van der Waals surface area contributed by atoms with Crippen molar-refractivity contribution in [2.75, 3.05) is 33.4 Å². The van der Waals surface area contributed by atoms with Crippen molar-refractivity contribution in [1.82, 2.24) is 4.90 Å². The van der Waals surface area contributed by atoms with E-state index < -0.39 is 17.8 Å². The van der Waals surface area contributed by atoms with Gasteiger partial charge < -0.3 is 14.6 Å². The average Bonchev–Trinajstić information content (AvgIpc) is 2.52. The van der Waals surface area contributed by atoms with Gasteiger partial charge in [0.25, 0.3) is 0 Å². The number of benzene rings is 1. The molecular formula is C16H21ClFNO4. The lowest BCUT2D eigenvalue weighted by molar-refractivity contribution is -0.145. The van der Waals surface area contributed by atoms with Gasteiger partial charge in [0, 0.05) is 20.2 Å². The molecule has 1 N–H and O–H groups in total. The Morgan fingerprint density at radius 1 is 1.43 bits per heavy atom. The van der Waals surface area contributed by atoms with E-state index in [0.29, 0.717) is 31.9 Å². The number of hydrogen-bond donors (Lipinski definition) is 1. The average molecular weight is 346 g/mol. The standard InChI is InChI=1S/C16H21ClFNO4/c1-22-8-9-23-12-4-6-19(7-5-12)15(16(20)21)11-2-3-14(18)13(17)10-11/h2-3,10,12,15H,4-9H2,1H3,(H,20,21). The summed E-state index contributed by atoms with van der Waals surface area (Å²) in [6.07, 6.45) is 1.62. The second-order valence-corrected chi connectivity index (χ2v) is 5.92.